The van der Waals surface area contributed by atoms with Gasteiger partial charge in [0.05, 0.1) is 34.3 Å². The van der Waals surface area contributed by atoms with E-state index in [0.717, 1.165) is 0 Å². The maximum atomic E-state index is 9.96. The number of hydrogen-bond acceptors (Lipinski definition) is 2. The van der Waals surface area contributed by atoms with Crippen LogP contribution >= 0.6 is 0 Å². The number of rotatable bonds is 4. The Bertz CT molecular complexity index is 3790. The topological polar surface area (TPSA) is 16.4 Å². The van der Waals surface area contributed by atoms with Crippen molar-refractivity contribution < 1.29 is 38.7 Å². The average molecular weight is 603 g/mol. The summed E-state index contributed by atoms with van der Waals surface area (Å²) in [6.07, 6.45) is 0. The van der Waals surface area contributed by atoms with Gasteiger partial charge in [0.2, 0.25) is 0 Å². The third kappa shape index (κ3) is 4.03. The minimum atomic E-state index is -1.66. The highest BCUT2D eigenvalue weighted by atomic mass is 16.3. The van der Waals surface area contributed by atoms with Gasteiger partial charge in [-0.05, 0) is 105 Å². The van der Waals surface area contributed by atoms with Crippen molar-refractivity contribution in [1.82, 2.24) is 0 Å². The van der Waals surface area contributed by atoms with Crippen molar-refractivity contribution in [3.05, 3.63) is 162 Å². The highest BCUT2D eigenvalue weighted by Gasteiger charge is 2.37. The second-order valence-electron chi connectivity index (χ2n) is 10.6. The Kier molecular flexibility index (Phi) is 2.39. The molecule has 0 fully saturated rings. The van der Waals surface area contributed by atoms with Gasteiger partial charge in [0.15, 0.2) is 0 Å². The molecule has 0 saturated heterocycles. The fourth-order valence-corrected chi connectivity index (χ4v) is 5.50. The van der Waals surface area contributed by atoms with Gasteiger partial charge in [-0.3, -0.25) is 0 Å². The van der Waals surface area contributed by atoms with Crippen molar-refractivity contribution in [3.8, 4) is 22.3 Å². The lowest BCUT2D eigenvalue weighted by Gasteiger charge is -2.28. The van der Waals surface area contributed by atoms with Gasteiger partial charge in [-0.1, -0.05) is 104 Å². The van der Waals surface area contributed by atoms with Crippen molar-refractivity contribution >= 4 is 49.8 Å². The standard InChI is InChI=1S/C43H31NO/c1-43(2)39-25-34(21-22-35(39)37-27-42-38(26-40(37)43)36-17-8-9-18-41(36)45-42)44(32-14-4-3-5-15-32)33-16-10-13-30(24-33)31-20-19-28-11-6-7-12-29(28)23-31/h3-27H,1-2H3/i3D,4D,5D,6D,7D,8D,9D,10D,11D,12D,13D,14D,15D,16D,17D,18D,19D,20D,21D,22D,23D,24D,25D,26D,27D. The maximum absolute atomic E-state index is 9.96. The molecule has 0 radical (unpaired) electrons. The monoisotopic (exact) mass is 602 g/mol. The van der Waals surface area contributed by atoms with Gasteiger partial charge in [-0.2, -0.15) is 0 Å². The van der Waals surface area contributed by atoms with Crippen LogP contribution in [0.2, 0.25) is 0 Å². The molecule has 9 rings (SSSR count). The van der Waals surface area contributed by atoms with Crippen LogP contribution < -0.4 is 4.90 Å². The van der Waals surface area contributed by atoms with E-state index in [9.17, 15) is 11.0 Å². The molecule has 0 unspecified atom stereocenters. The molecule has 1 aromatic heterocycles. The Labute approximate surface area is 297 Å². The van der Waals surface area contributed by atoms with Crippen molar-refractivity contribution in [2.24, 2.45) is 0 Å². The summed E-state index contributed by atoms with van der Waals surface area (Å²) >= 11 is 0. The van der Waals surface area contributed by atoms with Crippen LogP contribution in [0.3, 0.4) is 0 Å². The van der Waals surface area contributed by atoms with E-state index in [4.69, 9.17) is 27.7 Å². The summed E-state index contributed by atoms with van der Waals surface area (Å²) in [7, 11) is 0. The predicted octanol–water partition coefficient (Wildman–Crippen LogP) is 12.2. The Morgan fingerprint density at radius 1 is 0.489 bits per heavy atom. The van der Waals surface area contributed by atoms with Gasteiger partial charge in [0, 0.05) is 33.2 Å². The Morgan fingerprint density at radius 3 is 2.09 bits per heavy atom. The first-order chi connectivity index (χ1) is 32.5. The molecule has 45 heavy (non-hydrogen) atoms. The van der Waals surface area contributed by atoms with E-state index in [0.29, 0.717) is 4.90 Å². The Morgan fingerprint density at radius 2 is 1.20 bits per heavy atom. The summed E-state index contributed by atoms with van der Waals surface area (Å²) in [5.74, 6) is 0. The van der Waals surface area contributed by atoms with Crippen molar-refractivity contribution in [3.63, 3.8) is 0 Å². The number of para-hydroxylation sites is 2. The van der Waals surface area contributed by atoms with Crippen LogP contribution in [0.4, 0.5) is 17.1 Å². The van der Waals surface area contributed by atoms with E-state index in [2.05, 4.69) is 0 Å². The van der Waals surface area contributed by atoms with Crippen LogP contribution in [-0.4, -0.2) is 0 Å². The smallest absolute Gasteiger partial charge is 0.136 e. The zero-order valence-electron chi connectivity index (χ0n) is 48.4. The lowest BCUT2D eigenvalue weighted by Crippen LogP contribution is -2.16. The second kappa shape index (κ2) is 9.70. The van der Waals surface area contributed by atoms with Crippen LogP contribution in [0.1, 0.15) is 59.2 Å². The van der Waals surface area contributed by atoms with Crippen molar-refractivity contribution in [1.29, 1.82) is 0 Å². The average Bonchev–Trinajstić information content (AvgIpc) is 3.84. The third-order valence-corrected chi connectivity index (χ3v) is 7.64. The molecule has 1 aliphatic rings. The van der Waals surface area contributed by atoms with E-state index in [1.54, 1.807) is 0 Å². The predicted molar refractivity (Wildman–Crippen MR) is 189 cm³/mol. The number of hydrogen-bond donors (Lipinski definition) is 0. The quantitative estimate of drug-likeness (QED) is 0.199. The van der Waals surface area contributed by atoms with E-state index < -0.39 is 195 Å². The molecule has 0 N–H and O–H groups in total. The summed E-state index contributed by atoms with van der Waals surface area (Å²) in [6.45, 7) is 2.97. The summed E-state index contributed by atoms with van der Waals surface area (Å²) in [5, 5.41) is -1.56. The lowest BCUT2D eigenvalue weighted by molar-refractivity contribution is 0.658. The first kappa shape index (κ1) is 11.1. The summed E-state index contributed by atoms with van der Waals surface area (Å²) in [6, 6.07) is -21.2. The van der Waals surface area contributed by atoms with Gasteiger partial charge in [-0.15, -0.1) is 0 Å². The Hall–Kier alpha value is -5.60. The SMILES string of the molecule is [2H]c1c([2H])c([2H])c(N(c2c([2H])c([2H])c([2H])c(-c3c([2H])c([2H])c4c([2H])c([2H])c([2H])c([2H])c4c3[2H])c2[2H])c2c([2H])c([2H])c3c(c2[2H])C(C)(C)c2c-3c([2H])c3oc4c([2H])c([2H])c([2H])c([2H])c4c3c2[2H])c([2H])c1[2H]. The Balaban J connectivity index is 1.45. The van der Waals surface area contributed by atoms with E-state index in [1.807, 2.05) is 0 Å². The molecule has 0 bridgehead atoms. The number of anilines is 3. The fourth-order valence-electron chi connectivity index (χ4n) is 5.50. The van der Waals surface area contributed by atoms with E-state index in [1.165, 1.54) is 13.8 Å². The highest BCUT2D eigenvalue weighted by molar-refractivity contribution is 6.07. The van der Waals surface area contributed by atoms with Gasteiger partial charge < -0.3 is 9.32 Å². The molecular weight excluding hydrogens is 546 g/mol. The van der Waals surface area contributed by atoms with Gasteiger partial charge >= 0.3 is 0 Å². The van der Waals surface area contributed by atoms with Crippen molar-refractivity contribution in [2.45, 2.75) is 19.3 Å². The molecule has 0 saturated carbocycles. The molecule has 1 heterocycles. The summed E-state index contributed by atoms with van der Waals surface area (Å²) < 4.78 is 229. The first-order valence-corrected chi connectivity index (χ1v) is 13.6. The fraction of sp³-hybridized carbons (Fsp3) is 0.0698. The number of furan rings is 1. The zero-order valence-corrected chi connectivity index (χ0v) is 23.4. The molecule has 0 aliphatic heterocycles. The lowest BCUT2D eigenvalue weighted by atomic mass is 9.82. The molecule has 0 amide bonds. The zero-order chi connectivity index (χ0) is 51.9. The van der Waals surface area contributed by atoms with Crippen LogP contribution in [-0.2, 0) is 5.41 Å². The molecule has 214 valence electrons. The second-order valence-corrected chi connectivity index (χ2v) is 10.6. The number of benzene rings is 7. The molecule has 0 atom stereocenters. The van der Waals surface area contributed by atoms with E-state index >= 15 is 0 Å². The maximum Gasteiger partial charge on any atom is 0.136 e. The van der Waals surface area contributed by atoms with Crippen LogP contribution in [0.15, 0.2) is 155 Å². The molecule has 2 nitrogen and oxygen atoms in total. The molecule has 8 aromatic rings. The van der Waals surface area contributed by atoms with E-state index in [-0.39, 0.29) is 44.2 Å². The van der Waals surface area contributed by atoms with Crippen LogP contribution in [0, 0.1) is 0 Å². The van der Waals surface area contributed by atoms with Crippen LogP contribution in [0.25, 0.3) is 55.0 Å². The number of nitrogens with zero attached hydrogens (tertiary/aromatic N) is 1. The molecular formula is C43H31NO. The molecule has 2 heteroatoms. The normalized spacial score (nSPS) is 21.1. The van der Waals surface area contributed by atoms with Crippen molar-refractivity contribution in [2.75, 3.05) is 4.90 Å². The highest BCUT2D eigenvalue weighted by Crippen LogP contribution is 2.52. The molecule has 1 aliphatic carbocycles. The van der Waals surface area contributed by atoms with Gasteiger partial charge in [0.25, 0.3) is 0 Å². The van der Waals surface area contributed by atoms with Gasteiger partial charge in [0.1, 0.15) is 11.2 Å². The molecule has 7 aromatic carbocycles. The summed E-state index contributed by atoms with van der Waals surface area (Å²) in [5.41, 5.74) is -7.54. The van der Waals surface area contributed by atoms with Crippen LogP contribution in [0.5, 0.6) is 0 Å². The minimum absolute atomic E-state index is 0.0499. The first-order valence-electron chi connectivity index (χ1n) is 26.1. The molecule has 0 spiro atoms. The largest absolute Gasteiger partial charge is 0.456 e. The summed E-state index contributed by atoms with van der Waals surface area (Å²) in [4.78, 5) is 0.537. The number of fused-ring (bicyclic) bond motifs is 7. The minimum Gasteiger partial charge on any atom is -0.456 e. The third-order valence-electron chi connectivity index (χ3n) is 7.64. The van der Waals surface area contributed by atoms with Gasteiger partial charge in [-0.25, -0.2) is 0 Å².